The molecule has 0 bridgehead atoms. The largest absolute Gasteiger partial charge is 0.497 e. The Morgan fingerprint density at radius 2 is 1.44 bits per heavy atom. The Bertz CT molecular complexity index is 858. The number of benzene rings is 3. The molecule has 0 aromatic heterocycles. The lowest BCUT2D eigenvalue weighted by atomic mass is 10.0. The quantitative estimate of drug-likeness (QED) is 0.671. The number of carbonyl (C=O) groups is 1. The first kappa shape index (κ1) is 18.5. The first-order valence-corrected chi connectivity index (χ1v) is 8.89. The Kier molecular flexibility index (Phi) is 6.10. The summed E-state index contributed by atoms with van der Waals surface area (Å²) < 4.78 is 10.8. The zero-order valence-electron chi connectivity index (χ0n) is 15.5. The molecule has 0 saturated heterocycles. The first-order chi connectivity index (χ1) is 13.2. The molecule has 0 saturated carbocycles. The molecule has 4 heteroatoms. The van der Waals surface area contributed by atoms with Crippen molar-refractivity contribution in [1.82, 2.24) is 5.32 Å². The van der Waals surface area contributed by atoms with Crippen LogP contribution < -0.4 is 14.8 Å². The van der Waals surface area contributed by atoms with Gasteiger partial charge in [0, 0.05) is 5.56 Å². The van der Waals surface area contributed by atoms with Crippen molar-refractivity contribution >= 4 is 5.91 Å². The number of carbonyl (C=O) groups excluding carboxylic acids is 1. The van der Waals surface area contributed by atoms with Gasteiger partial charge in [-0.2, -0.15) is 0 Å². The molecule has 0 radical (unpaired) electrons. The Balaban J connectivity index is 1.53. The third-order valence-corrected chi connectivity index (χ3v) is 4.19. The molecule has 4 nitrogen and oxygen atoms in total. The fourth-order valence-electron chi connectivity index (χ4n) is 2.69. The highest BCUT2D eigenvalue weighted by atomic mass is 16.5. The van der Waals surface area contributed by atoms with Crippen molar-refractivity contribution in [2.75, 3.05) is 13.7 Å². The van der Waals surface area contributed by atoms with Crippen molar-refractivity contribution in [2.24, 2.45) is 0 Å². The summed E-state index contributed by atoms with van der Waals surface area (Å²) in [5, 5.41) is 2.96. The lowest BCUT2D eigenvalue weighted by Crippen LogP contribution is -2.36. The minimum Gasteiger partial charge on any atom is -0.497 e. The second-order valence-corrected chi connectivity index (χ2v) is 6.30. The monoisotopic (exact) mass is 361 g/mol. The van der Waals surface area contributed by atoms with E-state index in [1.807, 2.05) is 85.8 Å². The molecule has 0 heterocycles. The summed E-state index contributed by atoms with van der Waals surface area (Å²) >= 11 is 0. The predicted octanol–water partition coefficient (Wildman–Crippen LogP) is 4.56. The van der Waals surface area contributed by atoms with Crippen LogP contribution in [0.5, 0.6) is 11.5 Å². The van der Waals surface area contributed by atoms with Crippen molar-refractivity contribution in [3.8, 4) is 22.6 Å². The molecule has 0 spiro atoms. The van der Waals surface area contributed by atoms with E-state index in [1.165, 1.54) is 0 Å². The number of ether oxygens (including phenoxy) is 2. The van der Waals surface area contributed by atoms with Gasteiger partial charge in [0.1, 0.15) is 18.1 Å². The van der Waals surface area contributed by atoms with Gasteiger partial charge in [-0.3, -0.25) is 4.79 Å². The molecule has 0 unspecified atom stereocenters. The van der Waals surface area contributed by atoms with Crippen molar-refractivity contribution in [3.63, 3.8) is 0 Å². The van der Waals surface area contributed by atoms with Gasteiger partial charge >= 0.3 is 0 Å². The Morgan fingerprint density at radius 3 is 2.07 bits per heavy atom. The normalized spacial score (nSPS) is 11.5. The van der Waals surface area contributed by atoms with Gasteiger partial charge in [0.25, 0.3) is 5.91 Å². The highest BCUT2D eigenvalue weighted by molar-refractivity contribution is 5.94. The van der Waals surface area contributed by atoms with Crippen LogP contribution in [0.4, 0.5) is 0 Å². The Hall–Kier alpha value is -3.27. The van der Waals surface area contributed by atoms with Crippen LogP contribution in [-0.4, -0.2) is 25.7 Å². The van der Waals surface area contributed by atoms with Crippen LogP contribution >= 0.6 is 0 Å². The minimum absolute atomic E-state index is 0.111. The second kappa shape index (κ2) is 8.90. The molecule has 3 rings (SSSR count). The van der Waals surface area contributed by atoms with Gasteiger partial charge in [0.2, 0.25) is 0 Å². The van der Waals surface area contributed by atoms with Gasteiger partial charge in [0.15, 0.2) is 0 Å². The van der Waals surface area contributed by atoms with E-state index in [2.05, 4.69) is 5.32 Å². The zero-order chi connectivity index (χ0) is 19.1. The van der Waals surface area contributed by atoms with Gasteiger partial charge < -0.3 is 14.8 Å². The topological polar surface area (TPSA) is 47.6 Å². The molecule has 3 aromatic rings. The highest BCUT2D eigenvalue weighted by Crippen LogP contribution is 2.19. The van der Waals surface area contributed by atoms with Gasteiger partial charge in [-0.1, -0.05) is 42.5 Å². The van der Waals surface area contributed by atoms with Crippen LogP contribution in [0, 0.1) is 0 Å². The second-order valence-electron chi connectivity index (χ2n) is 6.30. The number of methoxy groups -OCH3 is 1. The van der Waals surface area contributed by atoms with E-state index < -0.39 is 0 Å². The predicted molar refractivity (Wildman–Crippen MR) is 107 cm³/mol. The van der Waals surface area contributed by atoms with Crippen LogP contribution in [0.3, 0.4) is 0 Å². The summed E-state index contributed by atoms with van der Waals surface area (Å²) in [5.74, 6) is 1.41. The van der Waals surface area contributed by atoms with E-state index in [4.69, 9.17) is 9.47 Å². The Morgan fingerprint density at radius 1 is 0.852 bits per heavy atom. The summed E-state index contributed by atoms with van der Waals surface area (Å²) in [7, 11) is 1.62. The molecule has 0 aliphatic heterocycles. The van der Waals surface area contributed by atoms with E-state index >= 15 is 0 Å². The van der Waals surface area contributed by atoms with Gasteiger partial charge in [-0.25, -0.2) is 0 Å². The number of hydrogen-bond donors (Lipinski definition) is 1. The van der Waals surface area contributed by atoms with E-state index in [9.17, 15) is 4.79 Å². The molecule has 3 aromatic carbocycles. The first-order valence-electron chi connectivity index (χ1n) is 8.89. The van der Waals surface area contributed by atoms with Crippen LogP contribution in [0.25, 0.3) is 11.1 Å². The van der Waals surface area contributed by atoms with Crippen molar-refractivity contribution < 1.29 is 14.3 Å². The zero-order valence-corrected chi connectivity index (χ0v) is 15.5. The summed E-state index contributed by atoms with van der Waals surface area (Å²) in [6.45, 7) is 2.31. The summed E-state index contributed by atoms with van der Waals surface area (Å²) in [6.07, 6.45) is 0. The Labute approximate surface area is 159 Å². The van der Waals surface area contributed by atoms with Crippen LogP contribution in [0.1, 0.15) is 17.3 Å². The van der Waals surface area contributed by atoms with E-state index in [-0.39, 0.29) is 11.9 Å². The average Bonchev–Trinajstić information content (AvgIpc) is 2.73. The third-order valence-electron chi connectivity index (χ3n) is 4.19. The van der Waals surface area contributed by atoms with E-state index in [1.54, 1.807) is 7.11 Å². The molecule has 1 N–H and O–H groups in total. The molecule has 27 heavy (non-hydrogen) atoms. The summed E-state index contributed by atoms with van der Waals surface area (Å²) in [4.78, 5) is 12.4. The molecular formula is C23H23NO3. The lowest BCUT2D eigenvalue weighted by Gasteiger charge is -2.15. The van der Waals surface area contributed by atoms with Crippen LogP contribution in [0.2, 0.25) is 0 Å². The maximum absolute atomic E-state index is 12.4. The SMILES string of the molecule is COc1ccc(OC[C@H](C)NC(=O)c2ccc(-c3ccccc3)cc2)cc1. The number of amides is 1. The standard InChI is InChI=1S/C23H23NO3/c1-17(16-27-22-14-12-21(26-2)13-15-22)24-23(25)20-10-8-19(9-11-20)18-6-4-3-5-7-18/h3-15,17H,16H2,1-2H3,(H,24,25)/t17-/m0/s1. The fourth-order valence-corrected chi connectivity index (χ4v) is 2.69. The fraction of sp³-hybridized carbons (Fsp3) is 0.174. The van der Waals surface area contributed by atoms with E-state index in [0.717, 1.165) is 22.6 Å². The molecule has 1 atom stereocenters. The van der Waals surface area contributed by atoms with Gasteiger partial charge in [-0.05, 0) is 54.4 Å². The molecule has 138 valence electrons. The van der Waals surface area contributed by atoms with Crippen molar-refractivity contribution in [1.29, 1.82) is 0 Å². The van der Waals surface area contributed by atoms with Crippen molar-refractivity contribution in [2.45, 2.75) is 13.0 Å². The molecule has 0 fully saturated rings. The molecule has 0 aliphatic carbocycles. The third kappa shape index (κ3) is 5.11. The smallest absolute Gasteiger partial charge is 0.251 e. The molecular weight excluding hydrogens is 338 g/mol. The maximum Gasteiger partial charge on any atom is 0.251 e. The lowest BCUT2D eigenvalue weighted by molar-refractivity contribution is 0.0926. The van der Waals surface area contributed by atoms with Crippen LogP contribution in [0.15, 0.2) is 78.9 Å². The summed E-state index contributed by atoms with van der Waals surface area (Å²) in [6, 6.07) is 24.9. The minimum atomic E-state index is -0.117. The number of hydrogen-bond acceptors (Lipinski definition) is 3. The van der Waals surface area contributed by atoms with E-state index in [0.29, 0.717) is 12.2 Å². The average molecular weight is 361 g/mol. The number of rotatable bonds is 7. The molecule has 0 aliphatic rings. The maximum atomic E-state index is 12.4. The van der Waals surface area contributed by atoms with Crippen LogP contribution in [-0.2, 0) is 0 Å². The molecule has 1 amide bonds. The van der Waals surface area contributed by atoms with Gasteiger partial charge in [-0.15, -0.1) is 0 Å². The number of nitrogens with one attached hydrogen (secondary N) is 1. The highest BCUT2D eigenvalue weighted by Gasteiger charge is 2.11. The van der Waals surface area contributed by atoms with Gasteiger partial charge in [0.05, 0.1) is 13.2 Å². The summed E-state index contributed by atoms with van der Waals surface area (Å²) in [5.41, 5.74) is 2.85. The van der Waals surface area contributed by atoms with Crippen molar-refractivity contribution in [3.05, 3.63) is 84.4 Å².